The van der Waals surface area contributed by atoms with Crippen LogP contribution in [0.1, 0.15) is 43.3 Å². The van der Waals surface area contributed by atoms with E-state index in [0.717, 1.165) is 31.6 Å². The Kier molecular flexibility index (Phi) is 5.30. The van der Waals surface area contributed by atoms with Crippen molar-refractivity contribution in [2.75, 3.05) is 6.54 Å². The highest BCUT2D eigenvalue weighted by Gasteiger charge is 2.14. The summed E-state index contributed by atoms with van der Waals surface area (Å²) in [6, 6.07) is 6.61. The zero-order valence-electron chi connectivity index (χ0n) is 12.6. The average Bonchev–Trinajstić information content (AvgIpc) is 2.84. The Morgan fingerprint density at radius 1 is 1.35 bits per heavy atom. The minimum absolute atomic E-state index is 0.296. The van der Waals surface area contributed by atoms with Crippen molar-refractivity contribution < 1.29 is 0 Å². The van der Waals surface area contributed by atoms with Gasteiger partial charge in [-0.1, -0.05) is 13.0 Å². The van der Waals surface area contributed by atoms with Crippen molar-refractivity contribution in [3.8, 4) is 0 Å². The molecule has 2 rings (SSSR count). The van der Waals surface area contributed by atoms with Gasteiger partial charge in [0, 0.05) is 37.1 Å². The summed E-state index contributed by atoms with van der Waals surface area (Å²) in [5, 5.41) is 8.14. The van der Waals surface area contributed by atoms with Gasteiger partial charge in [0.1, 0.15) is 0 Å². The lowest BCUT2D eigenvalue weighted by atomic mass is 10.0. The van der Waals surface area contributed by atoms with E-state index in [0.29, 0.717) is 6.04 Å². The van der Waals surface area contributed by atoms with Crippen LogP contribution in [0.2, 0.25) is 0 Å². The molecule has 1 N–H and O–H groups in total. The van der Waals surface area contributed by atoms with Gasteiger partial charge in [0.25, 0.3) is 0 Å². The first-order chi connectivity index (χ1) is 9.74. The van der Waals surface area contributed by atoms with Gasteiger partial charge in [-0.3, -0.25) is 9.67 Å². The number of nitrogens with zero attached hydrogens (tertiary/aromatic N) is 3. The molecule has 1 atom stereocenters. The molecule has 2 aromatic heterocycles. The Bertz CT molecular complexity index is 519. The predicted octanol–water partition coefficient (Wildman–Crippen LogP) is 2.89. The quantitative estimate of drug-likeness (QED) is 0.842. The van der Waals surface area contributed by atoms with Crippen LogP contribution in [0.15, 0.2) is 30.6 Å². The molecular formula is C16H24N4. The molecule has 0 fully saturated rings. The molecule has 108 valence electrons. The fourth-order valence-electron chi connectivity index (χ4n) is 2.45. The van der Waals surface area contributed by atoms with Gasteiger partial charge < -0.3 is 5.32 Å². The largest absolute Gasteiger partial charge is 0.310 e. The number of nitrogens with one attached hydrogen (secondary N) is 1. The lowest BCUT2D eigenvalue weighted by Gasteiger charge is -2.19. The van der Waals surface area contributed by atoms with Gasteiger partial charge in [0.05, 0.1) is 5.69 Å². The fraction of sp³-hybridized carbons (Fsp3) is 0.500. The van der Waals surface area contributed by atoms with Gasteiger partial charge >= 0.3 is 0 Å². The molecule has 0 aliphatic carbocycles. The second-order valence-corrected chi connectivity index (χ2v) is 5.09. The monoisotopic (exact) mass is 272 g/mol. The third-order valence-corrected chi connectivity index (χ3v) is 3.43. The Balaban J connectivity index is 2.19. The summed E-state index contributed by atoms with van der Waals surface area (Å²) < 4.78 is 2.09. The van der Waals surface area contributed by atoms with Crippen LogP contribution < -0.4 is 5.32 Å². The van der Waals surface area contributed by atoms with Crippen LogP contribution in [0, 0.1) is 6.92 Å². The summed E-state index contributed by atoms with van der Waals surface area (Å²) in [5.74, 6) is 0. The summed E-state index contributed by atoms with van der Waals surface area (Å²) in [7, 11) is 0. The van der Waals surface area contributed by atoms with Crippen molar-refractivity contribution >= 4 is 0 Å². The number of hydrogen-bond acceptors (Lipinski definition) is 3. The summed E-state index contributed by atoms with van der Waals surface area (Å²) in [5.41, 5.74) is 3.60. The van der Waals surface area contributed by atoms with E-state index in [9.17, 15) is 0 Å². The molecule has 0 aliphatic rings. The van der Waals surface area contributed by atoms with Crippen LogP contribution in [0.4, 0.5) is 0 Å². The summed E-state index contributed by atoms with van der Waals surface area (Å²) >= 11 is 0. The van der Waals surface area contributed by atoms with E-state index in [2.05, 4.69) is 46.1 Å². The highest BCUT2D eigenvalue weighted by molar-refractivity contribution is 5.19. The predicted molar refractivity (Wildman–Crippen MR) is 81.6 cm³/mol. The van der Waals surface area contributed by atoms with Crippen molar-refractivity contribution in [1.82, 2.24) is 20.1 Å². The van der Waals surface area contributed by atoms with E-state index >= 15 is 0 Å². The molecule has 1 unspecified atom stereocenters. The maximum atomic E-state index is 4.53. The topological polar surface area (TPSA) is 42.7 Å². The first-order valence-electron chi connectivity index (χ1n) is 7.41. The lowest BCUT2D eigenvalue weighted by molar-refractivity contribution is 0.501. The van der Waals surface area contributed by atoms with E-state index in [1.165, 1.54) is 11.3 Å². The molecule has 0 spiro atoms. The normalized spacial score (nSPS) is 12.6. The summed E-state index contributed by atoms with van der Waals surface area (Å²) in [6.45, 7) is 8.30. The van der Waals surface area contributed by atoms with E-state index in [1.807, 2.05) is 25.4 Å². The molecule has 20 heavy (non-hydrogen) atoms. The molecule has 0 radical (unpaired) electrons. The third kappa shape index (κ3) is 3.67. The summed E-state index contributed by atoms with van der Waals surface area (Å²) in [4.78, 5) is 4.24. The Labute approximate surface area is 121 Å². The average molecular weight is 272 g/mol. The number of aryl methyl sites for hydroxylation is 2. The fourth-order valence-corrected chi connectivity index (χ4v) is 2.45. The van der Waals surface area contributed by atoms with Crippen LogP contribution in [-0.2, 0) is 13.0 Å². The second kappa shape index (κ2) is 7.20. The minimum Gasteiger partial charge on any atom is -0.310 e. The molecule has 2 aromatic rings. The van der Waals surface area contributed by atoms with Crippen LogP contribution >= 0.6 is 0 Å². The third-order valence-electron chi connectivity index (χ3n) is 3.43. The molecule has 0 amide bonds. The molecule has 2 heterocycles. The Morgan fingerprint density at radius 3 is 2.85 bits per heavy atom. The Morgan fingerprint density at radius 2 is 2.20 bits per heavy atom. The number of hydrogen-bond donors (Lipinski definition) is 1. The lowest BCUT2D eigenvalue weighted by Crippen LogP contribution is -2.25. The van der Waals surface area contributed by atoms with Crippen LogP contribution in [0.5, 0.6) is 0 Å². The standard InChI is InChI=1S/C16H24N4/c1-4-8-18-16(14-7-6-9-17-12-14)11-15-10-13(3)19-20(15)5-2/h6-7,9-10,12,16,18H,4-5,8,11H2,1-3H3. The molecule has 0 aliphatic heterocycles. The maximum Gasteiger partial charge on any atom is 0.0596 e. The second-order valence-electron chi connectivity index (χ2n) is 5.09. The highest BCUT2D eigenvalue weighted by atomic mass is 15.3. The first-order valence-corrected chi connectivity index (χ1v) is 7.41. The van der Waals surface area contributed by atoms with Crippen molar-refractivity contribution in [2.45, 2.75) is 46.2 Å². The number of pyridine rings is 1. The van der Waals surface area contributed by atoms with Crippen LogP contribution in [0.25, 0.3) is 0 Å². The molecule has 0 aromatic carbocycles. The van der Waals surface area contributed by atoms with Gasteiger partial charge in [0.2, 0.25) is 0 Å². The zero-order valence-corrected chi connectivity index (χ0v) is 12.6. The Hall–Kier alpha value is -1.68. The summed E-state index contributed by atoms with van der Waals surface area (Å²) in [6.07, 6.45) is 5.84. The molecule has 0 saturated carbocycles. The highest BCUT2D eigenvalue weighted by Crippen LogP contribution is 2.18. The van der Waals surface area contributed by atoms with Gasteiger partial charge in [-0.15, -0.1) is 0 Å². The zero-order chi connectivity index (χ0) is 14.4. The molecular weight excluding hydrogens is 248 g/mol. The van der Waals surface area contributed by atoms with Crippen LogP contribution in [-0.4, -0.2) is 21.3 Å². The minimum atomic E-state index is 0.296. The smallest absolute Gasteiger partial charge is 0.0596 e. The van der Waals surface area contributed by atoms with Crippen molar-refractivity contribution in [1.29, 1.82) is 0 Å². The van der Waals surface area contributed by atoms with E-state index in [-0.39, 0.29) is 0 Å². The number of rotatable bonds is 7. The van der Waals surface area contributed by atoms with Crippen LogP contribution in [0.3, 0.4) is 0 Å². The maximum absolute atomic E-state index is 4.53. The van der Waals surface area contributed by atoms with Gasteiger partial charge in [-0.05, 0) is 44.5 Å². The van der Waals surface area contributed by atoms with Gasteiger partial charge in [-0.25, -0.2) is 0 Å². The number of aromatic nitrogens is 3. The molecule has 0 saturated heterocycles. The molecule has 4 heteroatoms. The van der Waals surface area contributed by atoms with Gasteiger partial charge in [-0.2, -0.15) is 5.10 Å². The SMILES string of the molecule is CCCNC(Cc1cc(C)nn1CC)c1cccnc1. The molecule has 0 bridgehead atoms. The molecule has 4 nitrogen and oxygen atoms in total. The van der Waals surface area contributed by atoms with Crippen molar-refractivity contribution in [3.63, 3.8) is 0 Å². The van der Waals surface area contributed by atoms with Crippen molar-refractivity contribution in [2.24, 2.45) is 0 Å². The van der Waals surface area contributed by atoms with E-state index < -0.39 is 0 Å². The van der Waals surface area contributed by atoms with E-state index in [1.54, 1.807) is 0 Å². The van der Waals surface area contributed by atoms with Gasteiger partial charge in [0.15, 0.2) is 0 Å². The van der Waals surface area contributed by atoms with Crippen molar-refractivity contribution in [3.05, 3.63) is 47.5 Å². The van der Waals surface area contributed by atoms with E-state index in [4.69, 9.17) is 0 Å². The first kappa shape index (κ1) is 14.7.